The summed E-state index contributed by atoms with van der Waals surface area (Å²) in [7, 11) is 0. The van der Waals surface area contributed by atoms with E-state index in [1.807, 2.05) is 6.20 Å². The van der Waals surface area contributed by atoms with E-state index in [-0.39, 0.29) is 12.7 Å². The van der Waals surface area contributed by atoms with E-state index >= 15 is 0 Å². The monoisotopic (exact) mass is 341 g/mol. The maximum atomic E-state index is 9.02. The average molecular weight is 341 g/mol. The number of aliphatic hydroxyl groups is 1. The summed E-state index contributed by atoms with van der Waals surface area (Å²) < 4.78 is 6.08. The summed E-state index contributed by atoms with van der Waals surface area (Å²) >= 11 is 0. The van der Waals surface area contributed by atoms with Gasteiger partial charge in [-0.05, 0) is 57.1 Å². The lowest BCUT2D eigenvalue weighted by molar-refractivity contribution is 0.239. The molecule has 3 nitrogen and oxygen atoms in total. The van der Waals surface area contributed by atoms with Crippen LogP contribution in [0.3, 0.4) is 0 Å². The first kappa shape index (κ1) is 19.5. The number of benzene rings is 1. The van der Waals surface area contributed by atoms with Crippen molar-refractivity contribution in [3.05, 3.63) is 47.2 Å². The van der Waals surface area contributed by atoms with Gasteiger partial charge in [-0.15, -0.1) is 0 Å². The van der Waals surface area contributed by atoms with Crippen molar-refractivity contribution >= 4 is 0 Å². The number of unbranched alkanes of at least 4 members (excludes halogenated alkanes) is 1. The molecule has 1 aromatic carbocycles. The molecule has 0 aliphatic rings. The molecule has 0 saturated carbocycles. The smallest absolute Gasteiger partial charge is 0.126 e. The third-order valence-corrected chi connectivity index (χ3v) is 4.42. The lowest BCUT2D eigenvalue weighted by atomic mass is 9.94. The van der Waals surface area contributed by atoms with Crippen LogP contribution in [0.5, 0.6) is 5.75 Å². The number of nitrogens with zero attached hydrogens (tertiary/aromatic N) is 1. The van der Waals surface area contributed by atoms with Crippen molar-refractivity contribution in [2.45, 2.75) is 65.9 Å². The van der Waals surface area contributed by atoms with Crippen molar-refractivity contribution in [3.8, 4) is 17.0 Å². The van der Waals surface area contributed by atoms with Crippen molar-refractivity contribution in [1.82, 2.24) is 4.98 Å². The summed E-state index contributed by atoms with van der Waals surface area (Å²) in [6, 6.07) is 8.61. The molecular weight excluding hydrogens is 310 g/mol. The second-order valence-corrected chi connectivity index (χ2v) is 6.68. The van der Waals surface area contributed by atoms with Crippen LogP contribution in [0.15, 0.2) is 30.5 Å². The Morgan fingerprint density at radius 3 is 2.28 bits per heavy atom. The first-order chi connectivity index (χ1) is 12.1. The second-order valence-electron chi connectivity index (χ2n) is 6.68. The summed E-state index contributed by atoms with van der Waals surface area (Å²) in [5, 5.41) is 9.02. The van der Waals surface area contributed by atoms with Gasteiger partial charge in [-0.25, -0.2) is 0 Å². The molecule has 0 amide bonds. The van der Waals surface area contributed by atoms with Gasteiger partial charge in [0.2, 0.25) is 0 Å². The van der Waals surface area contributed by atoms with Crippen molar-refractivity contribution < 1.29 is 9.84 Å². The molecule has 1 heterocycles. The summed E-state index contributed by atoms with van der Waals surface area (Å²) in [5.41, 5.74) is 6.03. The predicted molar refractivity (Wildman–Crippen MR) is 104 cm³/mol. The number of ether oxygens (including phenoxy) is 1. The third-order valence-electron chi connectivity index (χ3n) is 4.42. The number of aryl methyl sites for hydroxylation is 3. The Balaban J connectivity index is 2.46. The number of aromatic nitrogens is 1. The SMILES string of the molecule is CCc1cccc(CC)c1-c1cc(OC(C)C)c(CCCCO)cn1. The molecule has 2 rings (SSSR count). The number of aliphatic hydroxyl groups excluding tert-OH is 1. The van der Waals surface area contributed by atoms with Crippen LogP contribution in [0.4, 0.5) is 0 Å². The first-order valence-electron chi connectivity index (χ1n) is 9.48. The molecule has 136 valence electrons. The van der Waals surface area contributed by atoms with Gasteiger partial charge in [-0.1, -0.05) is 32.0 Å². The average Bonchev–Trinajstić information content (AvgIpc) is 2.61. The van der Waals surface area contributed by atoms with Gasteiger partial charge in [0.15, 0.2) is 0 Å². The summed E-state index contributed by atoms with van der Waals surface area (Å²) in [5.74, 6) is 0.922. The summed E-state index contributed by atoms with van der Waals surface area (Å²) in [6.45, 7) is 8.71. The fourth-order valence-corrected chi connectivity index (χ4v) is 3.15. The molecule has 0 saturated heterocycles. The highest BCUT2D eigenvalue weighted by Gasteiger charge is 2.14. The molecule has 0 fully saturated rings. The predicted octanol–water partition coefficient (Wildman–Crippen LogP) is 4.98. The zero-order valence-electron chi connectivity index (χ0n) is 16.0. The zero-order chi connectivity index (χ0) is 18.2. The Morgan fingerprint density at radius 1 is 1.04 bits per heavy atom. The molecule has 0 radical (unpaired) electrons. The molecule has 0 atom stereocenters. The number of hydrogen-bond donors (Lipinski definition) is 1. The Kier molecular flexibility index (Phi) is 7.45. The quantitative estimate of drug-likeness (QED) is 0.654. The van der Waals surface area contributed by atoms with Gasteiger partial charge in [0.05, 0.1) is 11.8 Å². The lowest BCUT2D eigenvalue weighted by Crippen LogP contribution is -2.09. The topological polar surface area (TPSA) is 42.4 Å². The van der Waals surface area contributed by atoms with Crippen LogP contribution in [0.2, 0.25) is 0 Å². The Morgan fingerprint density at radius 2 is 1.72 bits per heavy atom. The molecule has 0 bridgehead atoms. The van der Waals surface area contributed by atoms with E-state index in [9.17, 15) is 0 Å². The van der Waals surface area contributed by atoms with Gasteiger partial charge in [-0.2, -0.15) is 0 Å². The van der Waals surface area contributed by atoms with E-state index in [4.69, 9.17) is 14.8 Å². The Labute approximate surface area is 152 Å². The highest BCUT2D eigenvalue weighted by Crippen LogP contribution is 2.32. The van der Waals surface area contributed by atoms with Gasteiger partial charge in [0.25, 0.3) is 0 Å². The molecule has 3 heteroatoms. The van der Waals surface area contributed by atoms with Crippen LogP contribution in [-0.2, 0) is 19.3 Å². The van der Waals surface area contributed by atoms with Crippen LogP contribution < -0.4 is 4.74 Å². The minimum atomic E-state index is 0.124. The Bertz CT molecular complexity index is 657. The number of pyridine rings is 1. The normalized spacial score (nSPS) is 11.1. The molecule has 0 spiro atoms. The number of rotatable bonds is 9. The van der Waals surface area contributed by atoms with Crippen LogP contribution in [0, 0.1) is 0 Å². The molecule has 1 aromatic heterocycles. The molecular formula is C22H31NO2. The highest BCUT2D eigenvalue weighted by molar-refractivity contribution is 5.69. The van der Waals surface area contributed by atoms with Crippen LogP contribution >= 0.6 is 0 Å². The maximum Gasteiger partial charge on any atom is 0.126 e. The lowest BCUT2D eigenvalue weighted by Gasteiger charge is -2.18. The van der Waals surface area contributed by atoms with Crippen molar-refractivity contribution in [1.29, 1.82) is 0 Å². The van der Waals surface area contributed by atoms with E-state index in [0.29, 0.717) is 0 Å². The third kappa shape index (κ3) is 5.05. The molecule has 25 heavy (non-hydrogen) atoms. The fourth-order valence-electron chi connectivity index (χ4n) is 3.15. The molecule has 0 aliphatic heterocycles. The Hall–Kier alpha value is -1.87. The van der Waals surface area contributed by atoms with Gasteiger partial charge in [0.1, 0.15) is 5.75 Å². The van der Waals surface area contributed by atoms with Crippen molar-refractivity contribution in [2.75, 3.05) is 6.61 Å². The van der Waals surface area contributed by atoms with E-state index in [1.165, 1.54) is 16.7 Å². The van der Waals surface area contributed by atoms with Gasteiger partial charge in [-0.3, -0.25) is 4.98 Å². The van der Waals surface area contributed by atoms with E-state index < -0.39 is 0 Å². The minimum absolute atomic E-state index is 0.124. The van der Waals surface area contributed by atoms with Crippen LogP contribution in [-0.4, -0.2) is 22.8 Å². The standard InChI is InChI=1S/C22H31NO2/c1-5-17-11-9-12-18(6-2)22(17)20-14-21(25-16(3)4)19(15-23-20)10-7-8-13-24/h9,11-12,14-16,24H,5-8,10,13H2,1-4H3. The molecule has 0 unspecified atom stereocenters. The molecule has 1 N–H and O–H groups in total. The van der Waals surface area contributed by atoms with Crippen LogP contribution in [0.1, 0.15) is 57.2 Å². The maximum absolute atomic E-state index is 9.02. The fraction of sp³-hybridized carbons (Fsp3) is 0.500. The van der Waals surface area contributed by atoms with Gasteiger partial charge in [0, 0.05) is 30.0 Å². The largest absolute Gasteiger partial charge is 0.491 e. The zero-order valence-corrected chi connectivity index (χ0v) is 16.0. The molecule has 2 aromatic rings. The van der Waals surface area contributed by atoms with Crippen molar-refractivity contribution in [3.63, 3.8) is 0 Å². The van der Waals surface area contributed by atoms with Gasteiger partial charge >= 0.3 is 0 Å². The van der Waals surface area contributed by atoms with Gasteiger partial charge < -0.3 is 9.84 Å². The van der Waals surface area contributed by atoms with E-state index in [0.717, 1.165) is 49.1 Å². The minimum Gasteiger partial charge on any atom is -0.491 e. The van der Waals surface area contributed by atoms with Crippen LogP contribution in [0.25, 0.3) is 11.3 Å². The van der Waals surface area contributed by atoms with E-state index in [1.54, 1.807) is 0 Å². The van der Waals surface area contributed by atoms with E-state index in [2.05, 4.69) is 52.0 Å². The summed E-state index contributed by atoms with van der Waals surface area (Å²) in [4.78, 5) is 4.77. The second kappa shape index (κ2) is 9.57. The first-order valence-corrected chi connectivity index (χ1v) is 9.48. The van der Waals surface area contributed by atoms with Crippen molar-refractivity contribution in [2.24, 2.45) is 0 Å². The summed E-state index contributed by atoms with van der Waals surface area (Å²) in [6.07, 6.45) is 6.69. The molecule has 0 aliphatic carbocycles. The number of hydrogen-bond acceptors (Lipinski definition) is 3. The highest BCUT2D eigenvalue weighted by atomic mass is 16.5.